The number of piperidine rings is 1. The highest BCUT2D eigenvalue weighted by Crippen LogP contribution is 2.07. The third kappa shape index (κ3) is 4.71. The van der Waals surface area contributed by atoms with Crippen LogP contribution in [0.2, 0.25) is 0 Å². The summed E-state index contributed by atoms with van der Waals surface area (Å²) in [5.74, 6) is -1.01. The van der Waals surface area contributed by atoms with Crippen LogP contribution >= 0.6 is 0 Å². The van der Waals surface area contributed by atoms with Crippen LogP contribution < -0.4 is 10.6 Å². The fraction of sp³-hybridized carbons (Fsp3) is 0.500. The van der Waals surface area contributed by atoms with E-state index >= 15 is 0 Å². The molecule has 1 atom stereocenters. The summed E-state index contributed by atoms with van der Waals surface area (Å²) < 4.78 is 0. The number of carboxylic acids is 1. The lowest BCUT2D eigenvalue weighted by molar-refractivity contribution is 0.0696. The van der Waals surface area contributed by atoms with Gasteiger partial charge < -0.3 is 20.6 Å². The number of aromatic carboxylic acids is 1. The summed E-state index contributed by atoms with van der Waals surface area (Å²) in [7, 11) is 2.03. The molecule has 2 amide bonds. The molecule has 0 bridgehead atoms. The highest BCUT2D eigenvalue weighted by molar-refractivity contribution is 5.87. The van der Waals surface area contributed by atoms with E-state index in [4.69, 9.17) is 5.11 Å². The van der Waals surface area contributed by atoms with Crippen molar-refractivity contribution >= 4 is 12.0 Å². The van der Waals surface area contributed by atoms with Crippen LogP contribution in [0.3, 0.4) is 0 Å². The van der Waals surface area contributed by atoms with Gasteiger partial charge in [-0.2, -0.15) is 0 Å². The van der Waals surface area contributed by atoms with E-state index in [9.17, 15) is 9.59 Å². The van der Waals surface area contributed by atoms with Crippen LogP contribution in [0.4, 0.5) is 4.79 Å². The van der Waals surface area contributed by atoms with Crippen LogP contribution in [0.5, 0.6) is 0 Å². The quantitative estimate of drug-likeness (QED) is 0.758. The van der Waals surface area contributed by atoms with Gasteiger partial charge in [0, 0.05) is 18.8 Å². The molecule has 2 heterocycles. The number of pyridine rings is 1. The third-order valence-corrected chi connectivity index (χ3v) is 3.45. The largest absolute Gasteiger partial charge is 0.478 e. The van der Waals surface area contributed by atoms with E-state index < -0.39 is 5.97 Å². The van der Waals surface area contributed by atoms with E-state index in [1.54, 1.807) is 0 Å². The van der Waals surface area contributed by atoms with E-state index in [0.717, 1.165) is 25.9 Å². The van der Waals surface area contributed by atoms with Crippen molar-refractivity contribution in [1.82, 2.24) is 20.5 Å². The lowest BCUT2D eigenvalue weighted by Crippen LogP contribution is -2.49. The number of hydrogen-bond donors (Lipinski definition) is 3. The first-order valence-electron chi connectivity index (χ1n) is 6.95. The Morgan fingerprint density at radius 2 is 2.33 bits per heavy atom. The Morgan fingerprint density at radius 3 is 3.05 bits per heavy atom. The van der Waals surface area contributed by atoms with E-state index in [-0.39, 0.29) is 24.2 Å². The van der Waals surface area contributed by atoms with Gasteiger partial charge in [0.2, 0.25) is 0 Å². The Balaban J connectivity index is 1.81. The fourth-order valence-electron chi connectivity index (χ4n) is 2.40. The Morgan fingerprint density at radius 1 is 1.52 bits per heavy atom. The number of amides is 2. The average Bonchev–Trinajstić information content (AvgIpc) is 2.45. The number of carboxylic acid groups (broad SMARTS) is 1. The summed E-state index contributed by atoms with van der Waals surface area (Å²) in [6.07, 6.45) is 3.47. The molecule has 2 rings (SSSR count). The van der Waals surface area contributed by atoms with Crippen LogP contribution in [0, 0.1) is 0 Å². The Labute approximate surface area is 123 Å². The smallest absolute Gasteiger partial charge is 0.335 e. The van der Waals surface area contributed by atoms with E-state index in [2.05, 4.69) is 20.5 Å². The highest BCUT2D eigenvalue weighted by atomic mass is 16.4. The van der Waals surface area contributed by atoms with Crippen molar-refractivity contribution < 1.29 is 14.7 Å². The van der Waals surface area contributed by atoms with Gasteiger partial charge in [-0.25, -0.2) is 9.59 Å². The highest BCUT2D eigenvalue weighted by Gasteiger charge is 2.18. The molecule has 1 aromatic heterocycles. The number of rotatable bonds is 4. The SMILES string of the molecule is CN1CCCC(NC(=O)NCc2cc(C(=O)O)ccn2)C1. The second-order valence-corrected chi connectivity index (χ2v) is 5.27. The van der Waals surface area contributed by atoms with Gasteiger partial charge in [-0.05, 0) is 38.6 Å². The maximum atomic E-state index is 11.8. The van der Waals surface area contributed by atoms with Gasteiger partial charge in [0.15, 0.2) is 0 Å². The number of carbonyl (C=O) groups excluding carboxylic acids is 1. The van der Waals surface area contributed by atoms with Crippen molar-refractivity contribution in [3.05, 3.63) is 29.6 Å². The molecule has 0 spiro atoms. The predicted molar refractivity (Wildman–Crippen MR) is 77.1 cm³/mol. The summed E-state index contributed by atoms with van der Waals surface area (Å²) in [5, 5.41) is 14.5. The molecule has 7 nitrogen and oxygen atoms in total. The van der Waals surface area contributed by atoms with Crippen LogP contribution in [-0.4, -0.2) is 53.2 Å². The predicted octanol–water partition coefficient (Wildman–Crippen LogP) is 0.673. The Hall–Kier alpha value is -2.15. The first kappa shape index (κ1) is 15.2. The van der Waals surface area contributed by atoms with Gasteiger partial charge in [-0.15, -0.1) is 0 Å². The lowest BCUT2D eigenvalue weighted by Gasteiger charge is -2.30. The van der Waals surface area contributed by atoms with Gasteiger partial charge in [0.05, 0.1) is 17.8 Å². The van der Waals surface area contributed by atoms with Crippen molar-refractivity contribution in [3.8, 4) is 0 Å². The molecule has 1 fully saturated rings. The number of nitrogens with one attached hydrogen (secondary N) is 2. The minimum atomic E-state index is -1.01. The molecule has 21 heavy (non-hydrogen) atoms. The van der Waals surface area contributed by atoms with Crippen molar-refractivity contribution in [1.29, 1.82) is 0 Å². The van der Waals surface area contributed by atoms with Crippen molar-refractivity contribution in [2.45, 2.75) is 25.4 Å². The number of nitrogens with zero attached hydrogens (tertiary/aromatic N) is 2. The molecule has 1 saturated heterocycles. The van der Waals surface area contributed by atoms with Crippen LogP contribution in [0.25, 0.3) is 0 Å². The number of likely N-dealkylation sites (tertiary alicyclic amines) is 1. The molecule has 0 aromatic carbocycles. The molecule has 1 aromatic rings. The zero-order chi connectivity index (χ0) is 15.2. The zero-order valence-corrected chi connectivity index (χ0v) is 12.0. The Kier molecular flexibility index (Phi) is 5.10. The van der Waals surface area contributed by atoms with Gasteiger partial charge in [0.25, 0.3) is 0 Å². The maximum absolute atomic E-state index is 11.8. The first-order chi connectivity index (χ1) is 10.0. The summed E-state index contributed by atoms with van der Waals surface area (Å²) in [6, 6.07) is 2.78. The summed E-state index contributed by atoms with van der Waals surface area (Å²) in [4.78, 5) is 28.9. The monoisotopic (exact) mass is 292 g/mol. The molecule has 0 aliphatic carbocycles. The van der Waals surface area contributed by atoms with Gasteiger partial charge in [0.1, 0.15) is 0 Å². The zero-order valence-electron chi connectivity index (χ0n) is 12.0. The molecule has 0 radical (unpaired) electrons. The second-order valence-electron chi connectivity index (χ2n) is 5.27. The summed E-state index contributed by atoms with van der Waals surface area (Å²) in [5.41, 5.74) is 0.682. The number of urea groups is 1. The summed E-state index contributed by atoms with van der Waals surface area (Å²) >= 11 is 0. The topological polar surface area (TPSA) is 94.6 Å². The lowest BCUT2D eigenvalue weighted by atomic mass is 10.1. The van der Waals surface area contributed by atoms with E-state index in [0.29, 0.717) is 5.69 Å². The first-order valence-corrected chi connectivity index (χ1v) is 6.95. The van der Waals surface area contributed by atoms with Crippen LogP contribution in [0.15, 0.2) is 18.3 Å². The van der Waals surface area contributed by atoms with Gasteiger partial charge in [-0.1, -0.05) is 0 Å². The molecular formula is C14H20N4O3. The normalized spacial score (nSPS) is 19.0. The minimum absolute atomic E-state index is 0.155. The number of likely N-dealkylation sites (N-methyl/N-ethyl adjacent to an activating group) is 1. The third-order valence-electron chi connectivity index (χ3n) is 3.45. The van der Waals surface area contributed by atoms with Crippen LogP contribution in [-0.2, 0) is 6.54 Å². The molecule has 1 unspecified atom stereocenters. The molecule has 1 aliphatic heterocycles. The van der Waals surface area contributed by atoms with E-state index in [1.165, 1.54) is 18.3 Å². The number of carbonyl (C=O) groups is 2. The summed E-state index contributed by atoms with van der Waals surface area (Å²) in [6.45, 7) is 2.11. The Bertz CT molecular complexity index is 521. The second kappa shape index (κ2) is 7.03. The molecule has 7 heteroatoms. The number of hydrogen-bond acceptors (Lipinski definition) is 4. The molecule has 0 saturated carbocycles. The van der Waals surface area contributed by atoms with E-state index in [1.807, 2.05) is 7.05 Å². The van der Waals surface area contributed by atoms with Gasteiger partial charge >= 0.3 is 12.0 Å². The van der Waals surface area contributed by atoms with Crippen molar-refractivity contribution in [2.24, 2.45) is 0 Å². The molecule has 3 N–H and O–H groups in total. The molecular weight excluding hydrogens is 272 g/mol. The van der Waals surface area contributed by atoms with Gasteiger partial charge in [-0.3, -0.25) is 4.98 Å². The minimum Gasteiger partial charge on any atom is -0.478 e. The van der Waals surface area contributed by atoms with Crippen LogP contribution in [0.1, 0.15) is 28.9 Å². The number of aromatic nitrogens is 1. The standard InChI is InChI=1S/C14H20N4O3/c1-18-6-2-3-11(9-18)17-14(21)16-8-12-7-10(13(19)20)4-5-15-12/h4-5,7,11H,2-3,6,8-9H2,1H3,(H,19,20)(H2,16,17,21). The maximum Gasteiger partial charge on any atom is 0.335 e. The molecule has 114 valence electrons. The van der Waals surface area contributed by atoms with Crippen molar-refractivity contribution in [3.63, 3.8) is 0 Å². The van der Waals surface area contributed by atoms with Crippen molar-refractivity contribution in [2.75, 3.05) is 20.1 Å². The molecule has 1 aliphatic rings. The fourth-order valence-corrected chi connectivity index (χ4v) is 2.40. The average molecular weight is 292 g/mol.